The van der Waals surface area contributed by atoms with Crippen LogP contribution in [0.1, 0.15) is 6.42 Å². The number of nitrogens with zero attached hydrogens (tertiary/aromatic N) is 2. The van der Waals surface area contributed by atoms with Gasteiger partial charge in [-0.25, -0.2) is 0 Å². The Kier molecular flexibility index (Phi) is 10.2. The summed E-state index contributed by atoms with van der Waals surface area (Å²) < 4.78 is 0. The smallest absolute Gasteiger partial charge is 0.0411 e. The summed E-state index contributed by atoms with van der Waals surface area (Å²) in [5.74, 6) is 0. The average molecular weight is 683 g/mol. The third-order valence-electron chi connectivity index (χ3n) is 9.91. The van der Waals surface area contributed by atoms with Crippen molar-refractivity contribution in [2.75, 3.05) is 22.9 Å². The van der Waals surface area contributed by atoms with E-state index in [2.05, 4.69) is 228 Å². The van der Waals surface area contributed by atoms with E-state index >= 15 is 0 Å². The lowest BCUT2D eigenvalue weighted by Gasteiger charge is -2.29. The molecule has 0 bridgehead atoms. The molecular formula is C51H42N2. The van der Waals surface area contributed by atoms with Crippen molar-refractivity contribution >= 4 is 22.7 Å². The lowest BCUT2D eigenvalue weighted by Crippen LogP contribution is -2.25. The Hall–Kier alpha value is -6.64. The maximum atomic E-state index is 2.46. The highest BCUT2D eigenvalue weighted by Crippen LogP contribution is 2.33. The first-order chi connectivity index (χ1) is 26.3. The van der Waals surface area contributed by atoms with Crippen LogP contribution in [0.2, 0.25) is 0 Å². The molecule has 2 heteroatoms. The van der Waals surface area contributed by atoms with Crippen LogP contribution >= 0.6 is 0 Å². The summed E-state index contributed by atoms with van der Waals surface area (Å²) in [6, 6.07) is 78.4. The number of benzene rings is 8. The fourth-order valence-electron chi connectivity index (χ4n) is 7.06. The minimum atomic E-state index is 0.857. The number of rotatable bonds is 12. The molecule has 8 aromatic carbocycles. The van der Waals surface area contributed by atoms with Crippen molar-refractivity contribution in [1.82, 2.24) is 0 Å². The predicted octanol–water partition coefficient (Wildman–Crippen LogP) is 13.7. The van der Waals surface area contributed by atoms with E-state index in [0.29, 0.717) is 0 Å². The van der Waals surface area contributed by atoms with E-state index < -0.39 is 0 Å². The van der Waals surface area contributed by atoms with Crippen LogP contribution in [-0.2, 0) is 0 Å². The molecule has 2 nitrogen and oxygen atoms in total. The fourth-order valence-corrected chi connectivity index (χ4v) is 7.06. The fraction of sp³-hybridized carbons (Fsp3) is 0.0588. The van der Waals surface area contributed by atoms with Gasteiger partial charge < -0.3 is 9.80 Å². The van der Waals surface area contributed by atoms with Gasteiger partial charge in [0.2, 0.25) is 0 Å². The summed E-state index contributed by atoms with van der Waals surface area (Å²) in [7, 11) is 0. The zero-order valence-corrected chi connectivity index (χ0v) is 29.8. The van der Waals surface area contributed by atoms with Crippen LogP contribution in [0.5, 0.6) is 0 Å². The highest BCUT2D eigenvalue weighted by atomic mass is 15.2. The van der Waals surface area contributed by atoms with Crippen molar-refractivity contribution in [2.45, 2.75) is 6.42 Å². The van der Waals surface area contributed by atoms with E-state index in [-0.39, 0.29) is 0 Å². The van der Waals surface area contributed by atoms with Gasteiger partial charge in [-0.05, 0) is 99.5 Å². The van der Waals surface area contributed by atoms with Crippen molar-refractivity contribution in [1.29, 1.82) is 0 Å². The van der Waals surface area contributed by atoms with Crippen LogP contribution in [0.4, 0.5) is 22.7 Å². The zero-order valence-electron chi connectivity index (χ0n) is 29.8. The molecular weight excluding hydrogens is 641 g/mol. The van der Waals surface area contributed by atoms with Crippen LogP contribution in [0, 0.1) is 0 Å². The Balaban J connectivity index is 1.08. The largest absolute Gasteiger partial charge is 0.341 e. The average Bonchev–Trinajstić information content (AvgIpc) is 3.25. The van der Waals surface area contributed by atoms with E-state index in [9.17, 15) is 0 Å². The van der Waals surface area contributed by atoms with Gasteiger partial charge in [-0.2, -0.15) is 0 Å². The lowest BCUT2D eigenvalue weighted by atomic mass is 10.0. The van der Waals surface area contributed by atoms with Crippen LogP contribution in [0.3, 0.4) is 0 Å². The summed E-state index contributed by atoms with van der Waals surface area (Å²) in [6.07, 6.45) is 0.946. The molecule has 0 atom stereocenters. The van der Waals surface area contributed by atoms with Gasteiger partial charge in [0, 0.05) is 35.8 Å². The van der Waals surface area contributed by atoms with Crippen molar-refractivity contribution < 1.29 is 0 Å². The topological polar surface area (TPSA) is 6.48 Å². The molecule has 8 rings (SSSR count). The molecule has 0 saturated heterocycles. The summed E-state index contributed by atoms with van der Waals surface area (Å²) in [5.41, 5.74) is 14.5. The van der Waals surface area contributed by atoms with Crippen molar-refractivity contribution in [3.05, 3.63) is 218 Å². The second-order valence-corrected chi connectivity index (χ2v) is 13.3. The lowest BCUT2D eigenvalue weighted by molar-refractivity contribution is 0.797. The second-order valence-electron chi connectivity index (χ2n) is 13.3. The van der Waals surface area contributed by atoms with Gasteiger partial charge in [0.05, 0.1) is 0 Å². The molecule has 0 fully saturated rings. The molecule has 0 spiro atoms. The van der Waals surface area contributed by atoms with E-state index in [1.165, 1.54) is 67.3 Å². The minimum absolute atomic E-state index is 0.857. The summed E-state index contributed by atoms with van der Waals surface area (Å²) in [4.78, 5) is 4.91. The van der Waals surface area contributed by atoms with Crippen molar-refractivity contribution in [3.8, 4) is 44.5 Å². The molecule has 0 unspecified atom stereocenters. The maximum Gasteiger partial charge on any atom is 0.0411 e. The molecule has 8 aromatic rings. The van der Waals surface area contributed by atoms with Crippen LogP contribution < -0.4 is 9.80 Å². The van der Waals surface area contributed by atoms with Gasteiger partial charge in [0.1, 0.15) is 0 Å². The molecule has 0 aliphatic rings. The van der Waals surface area contributed by atoms with E-state index in [4.69, 9.17) is 0 Å². The van der Waals surface area contributed by atoms with Crippen LogP contribution in [-0.4, -0.2) is 13.1 Å². The van der Waals surface area contributed by atoms with Gasteiger partial charge in [-0.15, -0.1) is 0 Å². The van der Waals surface area contributed by atoms with Crippen LogP contribution in [0.25, 0.3) is 44.5 Å². The first-order valence-electron chi connectivity index (χ1n) is 18.5. The van der Waals surface area contributed by atoms with Gasteiger partial charge in [-0.1, -0.05) is 170 Å². The maximum absolute atomic E-state index is 2.46. The Bertz CT molecular complexity index is 1970. The van der Waals surface area contributed by atoms with Crippen molar-refractivity contribution in [2.24, 2.45) is 0 Å². The summed E-state index contributed by atoms with van der Waals surface area (Å²) in [6.45, 7) is 1.71. The number of anilines is 4. The van der Waals surface area contributed by atoms with E-state index in [0.717, 1.165) is 19.5 Å². The summed E-state index contributed by atoms with van der Waals surface area (Å²) >= 11 is 0. The standard InChI is InChI=1S/C51H42N2/c1-5-14-40(15-6-1)44-22-30-48(31-23-44)52(49-32-24-45(25-33-49)41-16-7-2-8-17-41)38-13-39-53(50-34-26-46(27-35-50)42-18-9-3-10-19-42)51-36-28-47(29-37-51)43-20-11-4-12-21-43/h1-12,14-37H,13,38-39H2. The first kappa shape index (κ1) is 33.5. The molecule has 0 amide bonds. The highest BCUT2D eigenvalue weighted by Gasteiger charge is 2.15. The van der Waals surface area contributed by atoms with Gasteiger partial charge >= 0.3 is 0 Å². The highest BCUT2D eigenvalue weighted by molar-refractivity contribution is 5.74. The molecule has 0 heterocycles. The third-order valence-corrected chi connectivity index (χ3v) is 9.91. The van der Waals surface area contributed by atoms with E-state index in [1.807, 2.05) is 0 Å². The SMILES string of the molecule is c1ccc(-c2ccc(N(CCCN(c3ccc(-c4ccccc4)cc3)c3ccc(-c4ccccc4)cc3)c3ccc(-c4ccccc4)cc3)cc2)cc1. The number of hydrogen-bond donors (Lipinski definition) is 0. The van der Waals surface area contributed by atoms with Gasteiger partial charge in [0.15, 0.2) is 0 Å². The number of hydrogen-bond acceptors (Lipinski definition) is 2. The first-order valence-corrected chi connectivity index (χ1v) is 18.5. The zero-order chi connectivity index (χ0) is 35.7. The Morgan fingerprint density at radius 2 is 0.396 bits per heavy atom. The third kappa shape index (κ3) is 7.98. The predicted molar refractivity (Wildman–Crippen MR) is 226 cm³/mol. The van der Waals surface area contributed by atoms with Gasteiger partial charge in [0.25, 0.3) is 0 Å². The molecule has 53 heavy (non-hydrogen) atoms. The molecule has 256 valence electrons. The Morgan fingerprint density at radius 3 is 0.604 bits per heavy atom. The quantitative estimate of drug-likeness (QED) is 0.127. The van der Waals surface area contributed by atoms with Crippen molar-refractivity contribution in [3.63, 3.8) is 0 Å². The summed E-state index contributed by atoms with van der Waals surface area (Å²) in [5, 5.41) is 0. The Labute approximate surface area is 313 Å². The molecule has 0 saturated carbocycles. The molecule has 0 radical (unpaired) electrons. The second kappa shape index (κ2) is 16.1. The molecule has 0 aromatic heterocycles. The molecule has 0 aliphatic heterocycles. The monoisotopic (exact) mass is 682 g/mol. The Morgan fingerprint density at radius 1 is 0.208 bits per heavy atom. The normalized spacial score (nSPS) is 10.9. The minimum Gasteiger partial charge on any atom is -0.341 e. The van der Waals surface area contributed by atoms with E-state index in [1.54, 1.807) is 0 Å². The molecule has 0 aliphatic carbocycles. The van der Waals surface area contributed by atoms with Gasteiger partial charge in [-0.3, -0.25) is 0 Å². The molecule has 0 N–H and O–H groups in total. The van der Waals surface area contributed by atoms with Crippen LogP contribution in [0.15, 0.2) is 218 Å².